The highest BCUT2D eigenvalue weighted by molar-refractivity contribution is 7.98. The first-order valence-electron chi connectivity index (χ1n) is 19.8. The van der Waals surface area contributed by atoms with Crippen LogP contribution in [0.25, 0.3) is 0 Å². The number of phenols is 1. The van der Waals surface area contributed by atoms with Crippen LogP contribution in [0.2, 0.25) is 0 Å². The van der Waals surface area contributed by atoms with Crippen LogP contribution < -0.4 is 43.4 Å². The number of carboxylic acid groups (broad SMARTS) is 2. The minimum atomic E-state index is -1.57. The molecule has 0 spiro atoms. The summed E-state index contributed by atoms with van der Waals surface area (Å²) in [6, 6.07) is 5.24. The third-order valence-corrected chi connectivity index (χ3v) is 9.94. The van der Waals surface area contributed by atoms with Crippen molar-refractivity contribution < 1.29 is 58.5 Å². The number of rotatable bonds is 27. The lowest BCUT2D eigenvalue weighted by Gasteiger charge is -2.28. The maximum atomic E-state index is 14.0. The molecule has 2 rings (SSSR count). The van der Waals surface area contributed by atoms with Crippen LogP contribution >= 0.6 is 11.8 Å². The molecule has 0 unspecified atom stereocenters. The number of nitrogens with two attached hydrogens (primary N) is 2. The maximum absolute atomic E-state index is 14.0. The summed E-state index contributed by atoms with van der Waals surface area (Å²) in [5, 5.41) is 43.2. The molecule has 0 aliphatic heterocycles. The predicted molar refractivity (Wildman–Crippen MR) is 228 cm³/mol. The zero-order valence-electron chi connectivity index (χ0n) is 35.1. The van der Waals surface area contributed by atoms with Crippen molar-refractivity contribution >= 4 is 65.1 Å². The average Bonchev–Trinajstić information content (AvgIpc) is 3.20. The lowest BCUT2D eigenvalue weighted by Crippen LogP contribution is -2.60. The molecule has 20 nitrogen and oxygen atoms in total. The minimum absolute atomic E-state index is 0.0197. The first-order chi connectivity index (χ1) is 29.2. The third kappa shape index (κ3) is 19.0. The molecule has 7 amide bonds. The van der Waals surface area contributed by atoms with Crippen LogP contribution in [0, 0.1) is 5.92 Å². The van der Waals surface area contributed by atoms with Gasteiger partial charge in [-0.3, -0.25) is 43.2 Å². The first kappa shape index (κ1) is 51.9. The molecule has 340 valence electrons. The van der Waals surface area contributed by atoms with Crippen LogP contribution in [0.15, 0.2) is 54.6 Å². The van der Waals surface area contributed by atoms with Gasteiger partial charge in [-0.15, -0.1) is 0 Å². The van der Waals surface area contributed by atoms with Gasteiger partial charge in [-0.2, -0.15) is 11.8 Å². The number of phenolic OH excluding ortho intramolecular Hbond substituents is 1. The summed E-state index contributed by atoms with van der Waals surface area (Å²) < 4.78 is 0. The van der Waals surface area contributed by atoms with E-state index in [0.29, 0.717) is 16.9 Å². The van der Waals surface area contributed by atoms with Gasteiger partial charge >= 0.3 is 11.9 Å². The Kier molecular flexibility index (Phi) is 21.9. The second kappa shape index (κ2) is 26.2. The number of hydrogen-bond acceptors (Lipinski definition) is 12. The van der Waals surface area contributed by atoms with Crippen LogP contribution in [-0.2, 0) is 56.0 Å². The second-order valence-electron chi connectivity index (χ2n) is 15.0. The molecule has 2 aromatic carbocycles. The molecule has 21 heteroatoms. The molecule has 0 bridgehead atoms. The number of primary amides is 1. The van der Waals surface area contributed by atoms with Gasteiger partial charge in [0.25, 0.3) is 0 Å². The van der Waals surface area contributed by atoms with E-state index in [1.807, 2.05) is 0 Å². The van der Waals surface area contributed by atoms with E-state index in [1.165, 1.54) is 30.8 Å². The minimum Gasteiger partial charge on any atom is -0.508 e. The Balaban J connectivity index is 2.32. The fourth-order valence-corrected chi connectivity index (χ4v) is 6.42. The number of thioether (sulfide) groups is 1. The standard InChI is InChI=1S/C41H58N8O12S/c1-22(2)18-31(40(60)46-29(16-17-62-4)39(59)47-30(35(43)55)21-34(53)54)49-38(58)28(14-15-33(51)52)45-41(61)32(20-24-8-6-5-7-9-24)48-36(56)23(3)44-37(57)27(42)19-25-10-12-26(50)13-11-25/h5-13,22-23,27-32,50H,14-21,42H2,1-4H3,(H2,43,55)(H,44,57)(H,45,61)(H,46,60)(H,47,59)(H,48,56)(H,49,58)(H,51,52)(H,53,54)/t23-,27+,28+,29+,30+,31+,32+/m1/s1. The van der Waals surface area contributed by atoms with E-state index in [-0.39, 0.29) is 37.4 Å². The van der Waals surface area contributed by atoms with Crippen molar-refractivity contribution in [2.45, 2.75) is 108 Å². The number of aromatic hydroxyl groups is 1. The molecular formula is C41H58N8O12S. The van der Waals surface area contributed by atoms with E-state index in [9.17, 15) is 53.4 Å². The molecule has 0 aromatic heterocycles. The largest absolute Gasteiger partial charge is 0.508 e. The van der Waals surface area contributed by atoms with Crippen molar-refractivity contribution in [3.8, 4) is 5.75 Å². The number of hydrogen-bond donors (Lipinski definition) is 11. The number of aliphatic carboxylic acids is 2. The maximum Gasteiger partial charge on any atom is 0.305 e. The van der Waals surface area contributed by atoms with Gasteiger partial charge in [-0.25, -0.2) is 0 Å². The van der Waals surface area contributed by atoms with Crippen molar-refractivity contribution in [1.29, 1.82) is 0 Å². The molecule has 0 radical (unpaired) electrons. The molecule has 0 fully saturated rings. The van der Waals surface area contributed by atoms with Crippen LogP contribution in [0.5, 0.6) is 5.75 Å². The average molecular weight is 887 g/mol. The topological polar surface area (TPSA) is 339 Å². The van der Waals surface area contributed by atoms with Gasteiger partial charge < -0.3 is 58.7 Å². The van der Waals surface area contributed by atoms with Crippen LogP contribution in [0.4, 0.5) is 0 Å². The number of carbonyl (C=O) groups is 9. The molecule has 0 aliphatic rings. The number of amides is 7. The van der Waals surface area contributed by atoms with Crippen molar-refractivity contribution in [3.05, 3.63) is 65.7 Å². The Morgan fingerprint density at radius 3 is 1.63 bits per heavy atom. The van der Waals surface area contributed by atoms with Gasteiger partial charge in [-0.1, -0.05) is 56.3 Å². The van der Waals surface area contributed by atoms with Crippen molar-refractivity contribution in [3.63, 3.8) is 0 Å². The third-order valence-electron chi connectivity index (χ3n) is 9.30. The fraction of sp³-hybridized carbons (Fsp3) is 0.488. The summed E-state index contributed by atoms with van der Waals surface area (Å²) in [6.07, 6.45) is -0.0104. The Hall–Kier alpha value is -6.22. The van der Waals surface area contributed by atoms with Crippen LogP contribution in [-0.4, -0.2) is 123 Å². The van der Waals surface area contributed by atoms with Crippen molar-refractivity contribution in [2.24, 2.45) is 17.4 Å². The first-order valence-corrected chi connectivity index (χ1v) is 21.2. The molecule has 62 heavy (non-hydrogen) atoms. The van der Waals surface area contributed by atoms with Gasteiger partial charge in [0.2, 0.25) is 41.4 Å². The Bertz CT molecular complexity index is 1870. The van der Waals surface area contributed by atoms with Gasteiger partial charge in [0.05, 0.1) is 12.5 Å². The normalized spacial score (nSPS) is 14.4. The molecule has 7 atom stereocenters. The number of nitrogens with one attached hydrogen (secondary N) is 6. The van der Waals surface area contributed by atoms with Gasteiger partial charge in [-0.05, 0) is 73.8 Å². The van der Waals surface area contributed by atoms with Gasteiger partial charge in [0, 0.05) is 12.8 Å². The summed E-state index contributed by atoms with van der Waals surface area (Å²) in [5.41, 5.74) is 12.6. The highest BCUT2D eigenvalue weighted by Gasteiger charge is 2.34. The Labute approximate surface area is 363 Å². The van der Waals surface area contributed by atoms with Crippen molar-refractivity contribution in [2.75, 3.05) is 12.0 Å². The molecule has 0 saturated heterocycles. The van der Waals surface area contributed by atoms with E-state index in [0.717, 1.165) is 0 Å². The Morgan fingerprint density at radius 2 is 1.10 bits per heavy atom. The number of carbonyl (C=O) groups excluding carboxylic acids is 7. The molecule has 13 N–H and O–H groups in total. The summed E-state index contributed by atoms with van der Waals surface area (Å²) >= 11 is 1.34. The fourth-order valence-electron chi connectivity index (χ4n) is 5.95. The number of carboxylic acids is 2. The van der Waals surface area contributed by atoms with E-state index in [1.54, 1.807) is 62.6 Å². The smallest absolute Gasteiger partial charge is 0.305 e. The SMILES string of the molecule is CSCC[C@H](NC(=O)[C@H](CC(C)C)NC(=O)[C@H](CCC(=O)O)NC(=O)[C@H](Cc1ccccc1)NC(=O)[C@@H](C)NC(=O)[C@@H](N)Cc1ccc(O)cc1)C(=O)N[C@@H](CC(=O)O)C(N)=O. The molecule has 0 heterocycles. The second-order valence-corrected chi connectivity index (χ2v) is 16.0. The van der Waals surface area contributed by atoms with Crippen molar-refractivity contribution in [1.82, 2.24) is 31.9 Å². The number of benzene rings is 2. The zero-order chi connectivity index (χ0) is 46.5. The summed E-state index contributed by atoms with van der Waals surface area (Å²) in [7, 11) is 0. The molecule has 0 aliphatic carbocycles. The molecule has 0 saturated carbocycles. The van der Waals surface area contributed by atoms with Crippen LogP contribution in [0.3, 0.4) is 0 Å². The van der Waals surface area contributed by atoms with E-state index >= 15 is 0 Å². The molecular weight excluding hydrogens is 829 g/mol. The zero-order valence-corrected chi connectivity index (χ0v) is 35.9. The summed E-state index contributed by atoms with van der Waals surface area (Å²) in [5.74, 6) is -8.66. The highest BCUT2D eigenvalue weighted by Crippen LogP contribution is 2.13. The summed E-state index contributed by atoms with van der Waals surface area (Å²) in [6.45, 7) is 4.88. The van der Waals surface area contributed by atoms with E-state index < -0.39 is 115 Å². The van der Waals surface area contributed by atoms with Gasteiger partial charge in [0.15, 0.2) is 0 Å². The quantitative estimate of drug-likeness (QED) is 0.0516. The van der Waals surface area contributed by atoms with Gasteiger partial charge in [0.1, 0.15) is 42.0 Å². The van der Waals surface area contributed by atoms with E-state index in [2.05, 4.69) is 31.9 Å². The monoisotopic (exact) mass is 886 g/mol. The lowest BCUT2D eigenvalue weighted by molar-refractivity contribution is -0.140. The molecule has 2 aromatic rings. The van der Waals surface area contributed by atoms with Crippen LogP contribution in [0.1, 0.15) is 64.0 Å². The highest BCUT2D eigenvalue weighted by atomic mass is 32.2. The van der Waals surface area contributed by atoms with E-state index in [4.69, 9.17) is 16.6 Å². The lowest BCUT2D eigenvalue weighted by atomic mass is 10.0. The predicted octanol–water partition coefficient (Wildman–Crippen LogP) is -0.943. The summed E-state index contributed by atoms with van der Waals surface area (Å²) in [4.78, 5) is 116. The Morgan fingerprint density at radius 1 is 0.597 bits per heavy atom.